The van der Waals surface area contributed by atoms with Gasteiger partial charge in [-0.25, -0.2) is 17.2 Å². The summed E-state index contributed by atoms with van der Waals surface area (Å²) >= 11 is 0. The smallest absolute Gasteiger partial charge is 0.249 e. The zero-order chi connectivity index (χ0) is 22.2. The van der Waals surface area contributed by atoms with E-state index >= 15 is 0 Å². The molecule has 0 saturated carbocycles. The number of ether oxygens (including phenoxy) is 2. The molecule has 162 valence electrons. The fourth-order valence-corrected chi connectivity index (χ4v) is 5.72. The van der Waals surface area contributed by atoms with Crippen molar-refractivity contribution in [2.24, 2.45) is 0 Å². The van der Waals surface area contributed by atoms with Crippen LogP contribution in [0.4, 0.5) is 8.78 Å². The maximum absolute atomic E-state index is 14.5. The second kappa shape index (κ2) is 8.28. The third-order valence-corrected chi connectivity index (χ3v) is 7.35. The van der Waals surface area contributed by atoms with E-state index in [0.29, 0.717) is 29.0 Å². The molecule has 0 saturated heterocycles. The molecular formula is C23H21F2NO4S. The van der Waals surface area contributed by atoms with Crippen LogP contribution in [0.2, 0.25) is 0 Å². The van der Waals surface area contributed by atoms with Gasteiger partial charge in [0.25, 0.3) is 0 Å². The van der Waals surface area contributed by atoms with Gasteiger partial charge in [0.15, 0.2) is 16.4 Å². The van der Waals surface area contributed by atoms with Gasteiger partial charge in [0.05, 0.1) is 20.3 Å². The average molecular weight is 445 g/mol. The molecule has 0 aromatic heterocycles. The summed E-state index contributed by atoms with van der Waals surface area (Å²) in [6.07, 6.45) is 0.355. The number of hydrogen-bond acceptors (Lipinski definition) is 4. The summed E-state index contributed by atoms with van der Waals surface area (Å²) in [6, 6.07) is 14.8. The molecule has 0 radical (unpaired) electrons. The van der Waals surface area contributed by atoms with Gasteiger partial charge in [-0.2, -0.15) is 4.31 Å². The molecule has 5 nitrogen and oxygen atoms in total. The molecule has 8 heteroatoms. The topological polar surface area (TPSA) is 55.8 Å². The molecule has 0 N–H and O–H groups in total. The minimum atomic E-state index is -4.49. The summed E-state index contributed by atoms with van der Waals surface area (Å²) in [6.45, 7) is 0.0537. The second-order valence-corrected chi connectivity index (χ2v) is 8.96. The first-order chi connectivity index (χ1) is 14.9. The number of methoxy groups -OCH3 is 2. The summed E-state index contributed by atoms with van der Waals surface area (Å²) in [7, 11) is -1.47. The highest BCUT2D eigenvalue weighted by Gasteiger charge is 2.40. The lowest BCUT2D eigenvalue weighted by Gasteiger charge is -2.37. The van der Waals surface area contributed by atoms with Gasteiger partial charge < -0.3 is 9.47 Å². The third-order valence-electron chi connectivity index (χ3n) is 5.43. The molecule has 3 aromatic carbocycles. The zero-order valence-electron chi connectivity index (χ0n) is 17.0. The highest BCUT2D eigenvalue weighted by molar-refractivity contribution is 7.89. The van der Waals surface area contributed by atoms with E-state index in [1.807, 2.05) is 12.1 Å². The van der Waals surface area contributed by atoms with Gasteiger partial charge in [-0.05, 0) is 47.4 Å². The molecule has 1 heterocycles. The lowest BCUT2D eigenvalue weighted by molar-refractivity contribution is 0.329. The quantitative estimate of drug-likeness (QED) is 0.587. The molecule has 0 spiro atoms. The van der Waals surface area contributed by atoms with Gasteiger partial charge >= 0.3 is 0 Å². The summed E-state index contributed by atoms with van der Waals surface area (Å²) in [5, 5.41) is 0. The SMILES string of the molecule is COc1cc2c(cc1OC)[C@@H](c1ccccc1)N(S(=O)(=O)c1c(F)cccc1F)CC2. The van der Waals surface area contributed by atoms with Crippen LogP contribution < -0.4 is 9.47 Å². The van der Waals surface area contributed by atoms with Gasteiger partial charge in [-0.1, -0.05) is 36.4 Å². The molecule has 0 fully saturated rings. The number of hydrogen-bond donors (Lipinski definition) is 0. The molecule has 0 aliphatic carbocycles. The number of fused-ring (bicyclic) bond motifs is 1. The van der Waals surface area contributed by atoms with E-state index in [2.05, 4.69) is 0 Å². The molecule has 0 bridgehead atoms. The minimum absolute atomic E-state index is 0.0537. The largest absolute Gasteiger partial charge is 0.493 e. The predicted molar refractivity (Wildman–Crippen MR) is 112 cm³/mol. The molecule has 1 aliphatic rings. The van der Waals surface area contributed by atoms with Crippen LogP contribution in [0.5, 0.6) is 11.5 Å². The number of halogens is 2. The predicted octanol–water partition coefficient (Wildman–Crippen LogP) is 4.32. The highest BCUT2D eigenvalue weighted by Crippen LogP contribution is 2.43. The van der Waals surface area contributed by atoms with E-state index in [1.54, 1.807) is 30.3 Å². The highest BCUT2D eigenvalue weighted by atomic mass is 32.2. The van der Waals surface area contributed by atoms with Crippen molar-refractivity contribution >= 4 is 10.0 Å². The summed E-state index contributed by atoms with van der Waals surface area (Å²) in [5.74, 6) is -1.27. The lowest BCUT2D eigenvalue weighted by atomic mass is 9.89. The molecule has 0 unspecified atom stereocenters. The lowest BCUT2D eigenvalue weighted by Crippen LogP contribution is -2.41. The van der Waals surface area contributed by atoms with Gasteiger partial charge in [0.2, 0.25) is 10.0 Å². The first kappa shape index (κ1) is 21.3. The molecule has 4 rings (SSSR count). The van der Waals surface area contributed by atoms with E-state index < -0.39 is 32.6 Å². The number of rotatable bonds is 5. The molecule has 3 aromatic rings. The first-order valence-electron chi connectivity index (χ1n) is 9.64. The van der Waals surface area contributed by atoms with Gasteiger partial charge in [0, 0.05) is 6.54 Å². The second-order valence-electron chi connectivity index (χ2n) is 7.14. The normalized spacial score (nSPS) is 16.6. The van der Waals surface area contributed by atoms with Crippen molar-refractivity contribution in [2.45, 2.75) is 17.4 Å². The Hall–Kier alpha value is -2.97. The van der Waals surface area contributed by atoms with E-state index in [0.717, 1.165) is 28.1 Å². The van der Waals surface area contributed by atoms with Crippen molar-refractivity contribution in [3.05, 3.63) is 89.0 Å². The van der Waals surface area contributed by atoms with Crippen LogP contribution in [0.1, 0.15) is 22.7 Å². The number of sulfonamides is 1. The summed E-state index contributed by atoms with van der Waals surface area (Å²) < 4.78 is 67.9. The van der Waals surface area contributed by atoms with Crippen molar-refractivity contribution in [3.8, 4) is 11.5 Å². The fourth-order valence-electron chi connectivity index (χ4n) is 4.01. The van der Waals surface area contributed by atoms with E-state index in [1.165, 1.54) is 14.2 Å². The third kappa shape index (κ3) is 3.66. The molecule has 0 amide bonds. The Bertz CT molecular complexity index is 1200. The molecule has 31 heavy (non-hydrogen) atoms. The zero-order valence-corrected chi connectivity index (χ0v) is 17.8. The van der Waals surface area contributed by atoms with Crippen molar-refractivity contribution in [2.75, 3.05) is 20.8 Å². The van der Waals surface area contributed by atoms with Gasteiger partial charge in [-0.3, -0.25) is 0 Å². The minimum Gasteiger partial charge on any atom is -0.493 e. The summed E-state index contributed by atoms with van der Waals surface area (Å²) in [5.41, 5.74) is 2.23. The Morgan fingerprint density at radius 1 is 0.903 bits per heavy atom. The van der Waals surface area contributed by atoms with Crippen LogP contribution in [-0.2, 0) is 16.4 Å². The standard InChI is InChI=1S/C23H21F2NO4S/c1-29-20-13-16-11-12-26(31(27,28)23-18(24)9-6-10-19(23)25)22(15-7-4-3-5-8-15)17(16)14-21(20)30-2/h3-10,13-14,22H,11-12H2,1-2H3/t22-/m1/s1. The molecular weight excluding hydrogens is 424 g/mol. The fraction of sp³-hybridized carbons (Fsp3) is 0.217. The van der Waals surface area contributed by atoms with Crippen LogP contribution >= 0.6 is 0 Å². The van der Waals surface area contributed by atoms with Crippen LogP contribution in [-0.4, -0.2) is 33.5 Å². The van der Waals surface area contributed by atoms with E-state index in [-0.39, 0.29) is 6.54 Å². The summed E-state index contributed by atoms with van der Waals surface area (Å²) in [4.78, 5) is -0.945. The Kier molecular flexibility index (Phi) is 5.68. The average Bonchev–Trinajstić information content (AvgIpc) is 2.77. The Morgan fingerprint density at radius 3 is 2.13 bits per heavy atom. The Morgan fingerprint density at radius 2 is 1.52 bits per heavy atom. The molecule has 1 aliphatic heterocycles. The van der Waals surface area contributed by atoms with Crippen LogP contribution in [0.3, 0.4) is 0 Å². The van der Waals surface area contributed by atoms with Crippen LogP contribution in [0.25, 0.3) is 0 Å². The molecule has 1 atom stereocenters. The van der Waals surface area contributed by atoms with Gasteiger partial charge in [-0.15, -0.1) is 0 Å². The van der Waals surface area contributed by atoms with Crippen molar-refractivity contribution < 1.29 is 26.7 Å². The monoisotopic (exact) mass is 445 g/mol. The number of nitrogens with zero attached hydrogens (tertiary/aromatic N) is 1. The van der Waals surface area contributed by atoms with Crippen molar-refractivity contribution in [1.82, 2.24) is 4.31 Å². The number of benzene rings is 3. The van der Waals surface area contributed by atoms with Crippen LogP contribution in [0, 0.1) is 11.6 Å². The van der Waals surface area contributed by atoms with E-state index in [4.69, 9.17) is 9.47 Å². The Balaban J connectivity index is 1.94. The Labute approximate surface area is 179 Å². The maximum atomic E-state index is 14.5. The van der Waals surface area contributed by atoms with Crippen molar-refractivity contribution in [3.63, 3.8) is 0 Å². The van der Waals surface area contributed by atoms with Crippen molar-refractivity contribution in [1.29, 1.82) is 0 Å². The maximum Gasteiger partial charge on any atom is 0.249 e. The van der Waals surface area contributed by atoms with Gasteiger partial charge in [0.1, 0.15) is 11.6 Å². The first-order valence-corrected chi connectivity index (χ1v) is 11.1. The van der Waals surface area contributed by atoms with E-state index in [9.17, 15) is 17.2 Å². The van der Waals surface area contributed by atoms with Crippen LogP contribution in [0.15, 0.2) is 65.6 Å².